The van der Waals surface area contributed by atoms with Crippen LogP contribution in [0.3, 0.4) is 0 Å². The van der Waals surface area contributed by atoms with Crippen LogP contribution in [-0.4, -0.2) is 36.4 Å². The van der Waals surface area contributed by atoms with Crippen molar-refractivity contribution in [1.82, 2.24) is 10.2 Å². The number of carbonyl (C=O) groups is 2. The van der Waals surface area contributed by atoms with Gasteiger partial charge in [0.2, 0.25) is 11.8 Å². The molecule has 4 rings (SSSR count). The van der Waals surface area contributed by atoms with Crippen molar-refractivity contribution in [2.75, 3.05) is 13.7 Å². The van der Waals surface area contributed by atoms with Gasteiger partial charge in [-0.3, -0.25) is 9.59 Å². The molecule has 0 aromatic heterocycles. The highest BCUT2D eigenvalue weighted by molar-refractivity contribution is 6.30. The van der Waals surface area contributed by atoms with E-state index in [1.54, 1.807) is 36.3 Å². The van der Waals surface area contributed by atoms with E-state index in [0.717, 1.165) is 28.0 Å². The van der Waals surface area contributed by atoms with Crippen molar-refractivity contribution in [3.8, 4) is 5.75 Å². The second kappa shape index (κ2) is 14.5. The van der Waals surface area contributed by atoms with Crippen LogP contribution >= 0.6 is 23.2 Å². The molecule has 0 fully saturated rings. The van der Waals surface area contributed by atoms with Crippen LogP contribution in [0.15, 0.2) is 103 Å². The molecule has 2 amide bonds. The first-order valence-electron chi connectivity index (χ1n) is 13.1. The fourth-order valence-electron chi connectivity index (χ4n) is 4.46. The molecule has 7 heteroatoms. The maximum absolute atomic E-state index is 13.8. The molecule has 4 aromatic rings. The summed E-state index contributed by atoms with van der Waals surface area (Å²) < 4.78 is 5.23. The molecule has 1 N–H and O–H groups in total. The lowest BCUT2D eigenvalue weighted by atomic mass is 10.0. The Labute approximate surface area is 245 Å². The summed E-state index contributed by atoms with van der Waals surface area (Å²) in [7, 11) is 1.63. The zero-order valence-electron chi connectivity index (χ0n) is 22.4. The fourth-order valence-corrected chi connectivity index (χ4v) is 4.71. The van der Waals surface area contributed by atoms with Gasteiger partial charge in [0.05, 0.1) is 13.5 Å². The Morgan fingerprint density at radius 3 is 1.93 bits per heavy atom. The van der Waals surface area contributed by atoms with Crippen LogP contribution in [0, 0.1) is 0 Å². The van der Waals surface area contributed by atoms with Crippen molar-refractivity contribution in [2.45, 2.75) is 31.8 Å². The summed E-state index contributed by atoms with van der Waals surface area (Å²) in [6, 6.07) is 31.4. The second-order valence-electron chi connectivity index (χ2n) is 9.55. The molecular weight excluding hydrogens is 543 g/mol. The highest BCUT2D eigenvalue weighted by Crippen LogP contribution is 2.19. The zero-order valence-corrected chi connectivity index (χ0v) is 23.9. The Morgan fingerprint density at radius 2 is 1.32 bits per heavy atom. The Balaban J connectivity index is 1.58. The lowest BCUT2D eigenvalue weighted by Crippen LogP contribution is -2.51. The number of halogens is 2. The van der Waals surface area contributed by atoms with Gasteiger partial charge in [-0.1, -0.05) is 89.9 Å². The van der Waals surface area contributed by atoms with E-state index in [1.807, 2.05) is 78.9 Å². The molecule has 1 atom stereocenters. The molecule has 0 aliphatic carbocycles. The number of nitrogens with one attached hydrogen (secondary N) is 1. The van der Waals surface area contributed by atoms with Crippen LogP contribution in [0.4, 0.5) is 0 Å². The standard InChI is InChI=1S/C33H32Cl2N2O3/c1-40-30-17-11-24(12-18-30)19-20-36-33(39)31(21-25-5-3-2-4-6-25)37(23-27-9-15-29(35)16-10-27)32(38)22-26-7-13-28(34)14-8-26/h2-18,31H,19-23H2,1H3,(H,36,39)/t31-/m0/s1. The molecule has 0 aliphatic rings. The first-order chi connectivity index (χ1) is 19.4. The van der Waals surface area contributed by atoms with Crippen LogP contribution in [0.1, 0.15) is 22.3 Å². The normalized spacial score (nSPS) is 11.5. The summed E-state index contributed by atoms with van der Waals surface area (Å²) >= 11 is 12.2. The quantitative estimate of drug-likeness (QED) is 0.209. The molecule has 0 heterocycles. The fraction of sp³-hybridized carbons (Fsp3) is 0.212. The van der Waals surface area contributed by atoms with Crippen LogP contribution < -0.4 is 10.1 Å². The summed E-state index contributed by atoms with van der Waals surface area (Å²) in [5, 5.41) is 4.29. The summed E-state index contributed by atoms with van der Waals surface area (Å²) in [4.78, 5) is 29.3. The maximum Gasteiger partial charge on any atom is 0.243 e. The average molecular weight is 576 g/mol. The lowest BCUT2D eigenvalue weighted by molar-refractivity contribution is -0.140. The second-order valence-corrected chi connectivity index (χ2v) is 10.4. The van der Waals surface area contributed by atoms with Gasteiger partial charge in [0.1, 0.15) is 11.8 Å². The average Bonchev–Trinajstić information content (AvgIpc) is 2.98. The number of nitrogens with zero attached hydrogens (tertiary/aromatic N) is 1. The van der Waals surface area contributed by atoms with E-state index in [0.29, 0.717) is 29.4 Å². The Bertz CT molecular complexity index is 1380. The van der Waals surface area contributed by atoms with E-state index in [1.165, 1.54) is 0 Å². The Hall–Kier alpha value is -3.80. The maximum atomic E-state index is 13.8. The molecular formula is C33H32Cl2N2O3. The van der Waals surface area contributed by atoms with Crippen molar-refractivity contribution in [1.29, 1.82) is 0 Å². The monoisotopic (exact) mass is 574 g/mol. The summed E-state index contributed by atoms with van der Waals surface area (Å²) in [5.74, 6) is 0.437. The van der Waals surface area contributed by atoms with Crippen molar-refractivity contribution in [3.05, 3.63) is 135 Å². The van der Waals surface area contributed by atoms with E-state index in [4.69, 9.17) is 27.9 Å². The molecule has 0 saturated heterocycles. The highest BCUT2D eigenvalue weighted by Gasteiger charge is 2.30. The molecule has 0 radical (unpaired) electrons. The molecule has 0 aliphatic heterocycles. The molecule has 4 aromatic carbocycles. The van der Waals surface area contributed by atoms with Gasteiger partial charge in [-0.25, -0.2) is 0 Å². The minimum absolute atomic E-state index is 0.148. The minimum Gasteiger partial charge on any atom is -0.497 e. The van der Waals surface area contributed by atoms with Crippen LogP contribution in [-0.2, 0) is 35.4 Å². The van der Waals surface area contributed by atoms with Gasteiger partial charge in [-0.2, -0.15) is 0 Å². The van der Waals surface area contributed by atoms with Gasteiger partial charge < -0.3 is 15.0 Å². The van der Waals surface area contributed by atoms with Gasteiger partial charge in [-0.15, -0.1) is 0 Å². The highest BCUT2D eigenvalue weighted by atomic mass is 35.5. The van der Waals surface area contributed by atoms with Crippen molar-refractivity contribution < 1.29 is 14.3 Å². The number of benzene rings is 4. The molecule has 0 spiro atoms. The molecule has 40 heavy (non-hydrogen) atoms. The number of carbonyl (C=O) groups excluding carboxylic acids is 2. The SMILES string of the molecule is COc1ccc(CCNC(=O)[C@H](Cc2ccccc2)N(Cc2ccc(Cl)cc2)C(=O)Cc2ccc(Cl)cc2)cc1. The zero-order chi connectivity index (χ0) is 28.3. The van der Waals surface area contributed by atoms with Crippen molar-refractivity contribution >= 4 is 35.0 Å². The minimum atomic E-state index is -0.714. The molecule has 206 valence electrons. The summed E-state index contributed by atoms with van der Waals surface area (Å²) in [6.45, 7) is 0.712. The number of hydrogen-bond acceptors (Lipinski definition) is 3. The predicted octanol–water partition coefficient (Wildman–Crippen LogP) is 6.54. The van der Waals surface area contributed by atoms with E-state index in [-0.39, 0.29) is 24.8 Å². The number of ether oxygens (including phenoxy) is 1. The predicted molar refractivity (Wildman–Crippen MR) is 161 cm³/mol. The molecule has 0 saturated carbocycles. The smallest absolute Gasteiger partial charge is 0.243 e. The summed E-state index contributed by atoms with van der Waals surface area (Å²) in [6.07, 6.45) is 1.19. The van der Waals surface area contributed by atoms with Crippen LogP contribution in [0.25, 0.3) is 0 Å². The van der Waals surface area contributed by atoms with E-state index in [2.05, 4.69) is 5.32 Å². The summed E-state index contributed by atoms with van der Waals surface area (Å²) in [5.41, 5.74) is 3.77. The first-order valence-corrected chi connectivity index (χ1v) is 13.9. The van der Waals surface area contributed by atoms with Crippen LogP contribution in [0.2, 0.25) is 10.0 Å². The third-order valence-electron chi connectivity index (χ3n) is 6.68. The van der Waals surface area contributed by atoms with Crippen LogP contribution in [0.5, 0.6) is 5.75 Å². The van der Waals surface area contributed by atoms with Crippen molar-refractivity contribution in [3.63, 3.8) is 0 Å². The topological polar surface area (TPSA) is 58.6 Å². The lowest BCUT2D eigenvalue weighted by Gasteiger charge is -2.32. The number of methoxy groups -OCH3 is 1. The third kappa shape index (κ3) is 8.60. The van der Waals surface area contributed by atoms with Gasteiger partial charge in [0.25, 0.3) is 0 Å². The number of hydrogen-bond donors (Lipinski definition) is 1. The Morgan fingerprint density at radius 1 is 0.750 bits per heavy atom. The van der Waals surface area contributed by atoms with Gasteiger partial charge in [0.15, 0.2) is 0 Å². The first kappa shape index (κ1) is 29.2. The van der Waals surface area contributed by atoms with E-state index < -0.39 is 6.04 Å². The number of amides is 2. The van der Waals surface area contributed by atoms with Crippen molar-refractivity contribution in [2.24, 2.45) is 0 Å². The van der Waals surface area contributed by atoms with Gasteiger partial charge >= 0.3 is 0 Å². The van der Waals surface area contributed by atoms with Gasteiger partial charge in [0, 0.05) is 29.6 Å². The largest absolute Gasteiger partial charge is 0.497 e. The van der Waals surface area contributed by atoms with E-state index in [9.17, 15) is 9.59 Å². The third-order valence-corrected chi connectivity index (χ3v) is 7.18. The van der Waals surface area contributed by atoms with Gasteiger partial charge in [-0.05, 0) is 65.1 Å². The Kier molecular flexibility index (Phi) is 10.6. The number of rotatable bonds is 12. The molecule has 0 bridgehead atoms. The molecule has 5 nitrogen and oxygen atoms in total. The van der Waals surface area contributed by atoms with E-state index >= 15 is 0 Å². The molecule has 0 unspecified atom stereocenters.